The first-order valence-electron chi connectivity index (χ1n) is 6.35. The number of pyridine rings is 1. The molecule has 1 amide bonds. The van der Waals surface area contributed by atoms with Crippen LogP contribution in [-0.2, 0) is 9.53 Å². The van der Waals surface area contributed by atoms with Gasteiger partial charge in [0.05, 0.1) is 15.6 Å². The van der Waals surface area contributed by atoms with E-state index in [1.54, 1.807) is 30.3 Å². The van der Waals surface area contributed by atoms with Crippen LogP contribution in [-0.4, -0.2) is 23.0 Å². The number of hydrogen-bond acceptors (Lipinski definition) is 4. The van der Waals surface area contributed by atoms with Crippen molar-refractivity contribution in [3.63, 3.8) is 0 Å². The Balaban J connectivity index is 1.99. The summed E-state index contributed by atoms with van der Waals surface area (Å²) >= 11 is 11.6. The van der Waals surface area contributed by atoms with E-state index in [9.17, 15) is 9.59 Å². The molecule has 0 saturated heterocycles. The number of carbonyl (C=O) groups excluding carboxylic acids is 2. The van der Waals surface area contributed by atoms with Crippen LogP contribution in [0.4, 0.5) is 5.82 Å². The topological polar surface area (TPSA) is 68.3 Å². The number of carbonyl (C=O) groups is 2. The number of rotatable bonds is 4. The van der Waals surface area contributed by atoms with Crippen molar-refractivity contribution in [3.05, 3.63) is 58.2 Å². The highest BCUT2D eigenvalue weighted by molar-refractivity contribution is 6.36. The molecule has 1 aromatic carbocycles. The average Bonchev–Trinajstić information content (AvgIpc) is 2.50. The van der Waals surface area contributed by atoms with Gasteiger partial charge in [-0.05, 0) is 25.1 Å². The summed E-state index contributed by atoms with van der Waals surface area (Å²) in [5.41, 5.74) is 0.366. The van der Waals surface area contributed by atoms with Crippen molar-refractivity contribution in [1.82, 2.24) is 4.98 Å². The van der Waals surface area contributed by atoms with Crippen molar-refractivity contribution >= 4 is 40.9 Å². The van der Waals surface area contributed by atoms with Gasteiger partial charge in [0.2, 0.25) is 0 Å². The molecule has 5 nitrogen and oxygen atoms in total. The number of hydrogen-bond donors (Lipinski definition) is 1. The van der Waals surface area contributed by atoms with Gasteiger partial charge in [0.25, 0.3) is 5.91 Å². The molecule has 2 rings (SSSR count). The number of halogens is 2. The smallest absolute Gasteiger partial charge is 0.338 e. The van der Waals surface area contributed by atoms with Gasteiger partial charge >= 0.3 is 5.97 Å². The quantitative estimate of drug-likeness (QED) is 0.865. The Morgan fingerprint density at radius 2 is 1.91 bits per heavy atom. The van der Waals surface area contributed by atoms with E-state index in [0.717, 1.165) is 0 Å². The SMILES string of the molecule is C[C@H](OC(=O)c1ccccc1)C(=O)Nc1ncc(Cl)cc1Cl. The minimum absolute atomic E-state index is 0.152. The van der Waals surface area contributed by atoms with Crippen LogP contribution >= 0.6 is 23.2 Å². The van der Waals surface area contributed by atoms with E-state index >= 15 is 0 Å². The Hall–Kier alpha value is -2.11. The lowest BCUT2D eigenvalue weighted by Gasteiger charge is -2.13. The molecule has 1 heterocycles. The fourth-order valence-corrected chi connectivity index (χ4v) is 2.01. The standard InChI is InChI=1S/C15H12Cl2N2O3/c1-9(22-15(21)10-5-3-2-4-6-10)14(20)19-13-12(17)7-11(16)8-18-13/h2-9H,1H3,(H,18,19,20)/t9-/m0/s1. The first-order valence-corrected chi connectivity index (χ1v) is 7.11. The summed E-state index contributed by atoms with van der Waals surface area (Å²) in [7, 11) is 0. The van der Waals surface area contributed by atoms with E-state index in [4.69, 9.17) is 27.9 Å². The first-order chi connectivity index (χ1) is 10.5. The molecule has 0 spiro atoms. The molecular formula is C15H12Cl2N2O3. The van der Waals surface area contributed by atoms with Gasteiger partial charge in [-0.1, -0.05) is 41.4 Å². The molecule has 0 saturated carbocycles. The predicted molar refractivity (Wildman–Crippen MR) is 84.2 cm³/mol. The van der Waals surface area contributed by atoms with Crippen LogP contribution in [0.2, 0.25) is 10.0 Å². The number of nitrogens with one attached hydrogen (secondary N) is 1. The van der Waals surface area contributed by atoms with Crippen LogP contribution in [0, 0.1) is 0 Å². The lowest BCUT2D eigenvalue weighted by atomic mass is 10.2. The molecule has 1 N–H and O–H groups in total. The minimum Gasteiger partial charge on any atom is -0.449 e. The highest BCUT2D eigenvalue weighted by Crippen LogP contribution is 2.22. The number of anilines is 1. The monoisotopic (exact) mass is 338 g/mol. The van der Waals surface area contributed by atoms with Gasteiger partial charge in [-0.25, -0.2) is 9.78 Å². The molecule has 1 atom stereocenters. The number of amides is 1. The second-order valence-corrected chi connectivity index (χ2v) is 5.23. The lowest BCUT2D eigenvalue weighted by Crippen LogP contribution is -2.30. The van der Waals surface area contributed by atoms with Gasteiger partial charge in [-0.3, -0.25) is 4.79 Å². The summed E-state index contributed by atoms with van der Waals surface area (Å²) in [5, 5.41) is 3.03. The van der Waals surface area contributed by atoms with Crippen LogP contribution in [0.15, 0.2) is 42.6 Å². The van der Waals surface area contributed by atoms with E-state index in [-0.39, 0.29) is 10.8 Å². The maximum absolute atomic E-state index is 12.0. The molecule has 0 aliphatic rings. The molecule has 0 aliphatic carbocycles. The van der Waals surface area contributed by atoms with Gasteiger partial charge in [-0.15, -0.1) is 0 Å². The number of nitrogens with zero attached hydrogens (tertiary/aromatic N) is 1. The van der Waals surface area contributed by atoms with E-state index in [1.165, 1.54) is 19.2 Å². The summed E-state index contributed by atoms with van der Waals surface area (Å²) in [6.45, 7) is 1.46. The molecule has 22 heavy (non-hydrogen) atoms. The normalized spacial score (nSPS) is 11.6. The zero-order valence-electron chi connectivity index (χ0n) is 11.5. The zero-order valence-corrected chi connectivity index (χ0v) is 13.1. The molecule has 114 valence electrons. The van der Waals surface area contributed by atoms with Crippen LogP contribution < -0.4 is 5.32 Å². The van der Waals surface area contributed by atoms with Crippen molar-refractivity contribution in [1.29, 1.82) is 0 Å². The summed E-state index contributed by atoms with van der Waals surface area (Å²) < 4.78 is 5.09. The van der Waals surface area contributed by atoms with E-state index in [1.807, 2.05) is 0 Å². The Labute approximate surface area is 137 Å². The minimum atomic E-state index is -0.999. The summed E-state index contributed by atoms with van der Waals surface area (Å²) in [4.78, 5) is 27.8. The van der Waals surface area contributed by atoms with Gasteiger partial charge in [0.1, 0.15) is 0 Å². The Morgan fingerprint density at radius 3 is 2.55 bits per heavy atom. The molecule has 0 radical (unpaired) electrons. The number of benzene rings is 1. The van der Waals surface area contributed by atoms with Gasteiger partial charge in [0.15, 0.2) is 11.9 Å². The molecule has 2 aromatic rings. The fraction of sp³-hybridized carbons (Fsp3) is 0.133. The van der Waals surface area contributed by atoms with Crippen LogP contribution in [0.25, 0.3) is 0 Å². The lowest BCUT2D eigenvalue weighted by molar-refractivity contribution is -0.123. The average molecular weight is 339 g/mol. The number of ether oxygens (including phenoxy) is 1. The summed E-state index contributed by atoms with van der Waals surface area (Å²) in [6, 6.07) is 9.85. The molecular weight excluding hydrogens is 327 g/mol. The Kier molecular flexibility index (Phi) is 5.35. The van der Waals surface area contributed by atoms with Crippen LogP contribution in [0.5, 0.6) is 0 Å². The first kappa shape index (κ1) is 16.3. The van der Waals surface area contributed by atoms with Crippen molar-refractivity contribution in [3.8, 4) is 0 Å². The third-order valence-corrected chi connectivity index (χ3v) is 3.21. The third kappa shape index (κ3) is 4.19. The molecule has 0 bridgehead atoms. The predicted octanol–water partition coefficient (Wildman–Crippen LogP) is 3.57. The Bertz CT molecular complexity index is 692. The molecule has 7 heteroatoms. The summed E-state index contributed by atoms with van der Waals surface area (Å²) in [6.07, 6.45) is 0.352. The fourth-order valence-electron chi connectivity index (χ4n) is 1.58. The van der Waals surface area contributed by atoms with E-state index in [0.29, 0.717) is 10.6 Å². The van der Waals surface area contributed by atoms with E-state index < -0.39 is 18.0 Å². The van der Waals surface area contributed by atoms with Crippen molar-refractivity contribution in [2.75, 3.05) is 5.32 Å². The number of esters is 1. The second kappa shape index (κ2) is 7.24. The molecule has 1 aromatic heterocycles. The maximum Gasteiger partial charge on any atom is 0.338 e. The third-order valence-electron chi connectivity index (χ3n) is 2.71. The van der Waals surface area contributed by atoms with Crippen molar-refractivity contribution < 1.29 is 14.3 Å². The van der Waals surface area contributed by atoms with Crippen molar-refractivity contribution in [2.45, 2.75) is 13.0 Å². The highest BCUT2D eigenvalue weighted by Gasteiger charge is 2.20. The van der Waals surface area contributed by atoms with Crippen LogP contribution in [0.3, 0.4) is 0 Å². The highest BCUT2D eigenvalue weighted by atomic mass is 35.5. The van der Waals surface area contributed by atoms with Gasteiger partial charge in [0, 0.05) is 6.20 Å². The van der Waals surface area contributed by atoms with Crippen molar-refractivity contribution in [2.24, 2.45) is 0 Å². The largest absolute Gasteiger partial charge is 0.449 e. The van der Waals surface area contributed by atoms with Gasteiger partial charge < -0.3 is 10.1 Å². The molecule has 0 aliphatic heterocycles. The second-order valence-electron chi connectivity index (χ2n) is 4.39. The molecule has 0 unspecified atom stereocenters. The van der Waals surface area contributed by atoms with Gasteiger partial charge in [-0.2, -0.15) is 0 Å². The van der Waals surface area contributed by atoms with Crippen LogP contribution in [0.1, 0.15) is 17.3 Å². The Morgan fingerprint density at radius 1 is 1.23 bits per heavy atom. The molecule has 0 fully saturated rings. The maximum atomic E-state index is 12.0. The summed E-state index contributed by atoms with van der Waals surface area (Å²) in [5.74, 6) is -0.974. The number of aromatic nitrogens is 1. The van der Waals surface area contributed by atoms with E-state index in [2.05, 4.69) is 10.3 Å². The zero-order chi connectivity index (χ0) is 16.1.